The van der Waals surface area contributed by atoms with Gasteiger partial charge in [-0.3, -0.25) is 40.5 Å². The van der Waals surface area contributed by atoms with E-state index < -0.39 is 47.9 Å². The molecule has 5 rings (SSSR count). The first-order chi connectivity index (χ1) is 18.3. The van der Waals surface area contributed by atoms with Crippen molar-refractivity contribution in [2.75, 3.05) is 11.9 Å². The molecule has 3 aromatic rings. The highest BCUT2D eigenvalue weighted by Crippen LogP contribution is 2.55. The van der Waals surface area contributed by atoms with Crippen LogP contribution in [-0.2, 0) is 5.41 Å². The molecule has 1 aliphatic heterocycles. The van der Waals surface area contributed by atoms with Gasteiger partial charge in [0, 0.05) is 47.1 Å². The molecule has 0 atom stereocenters. The zero-order chi connectivity index (χ0) is 28.4. The van der Waals surface area contributed by atoms with Crippen LogP contribution in [0.25, 0.3) is 16.7 Å². The number of benzene rings is 3. The molecule has 0 bridgehead atoms. The van der Waals surface area contributed by atoms with Crippen LogP contribution < -0.4 is 4.90 Å². The number of nitro benzene ring substituents is 4. The van der Waals surface area contributed by atoms with Crippen LogP contribution in [0.1, 0.15) is 30.5 Å². The number of fused-ring (bicyclic) bond motifs is 4. The lowest BCUT2D eigenvalue weighted by Crippen LogP contribution is -2.22. The molecule has 1 aliphatic carbocycles. The Bertz CT molecular complexity index is 1640. The summed E-state index contributed by atoms with van der Waals surface area (Å²) >= 11 is 0. The van der Waals surface area contributed by atoms with Crippen molar-refractivity contribution in [3.8, 4) is 11.1 Å². The first kappa shape index (κ1) is 25.2. The van der Waals surface area contributed by atoms with Crippen molar-refractivity contribution in [1.29, 1.82) is 0 Å². The summed E-state index contributed by atoms with van der Waals surface area (Å²) in [7, 11) is 1.86. The lowest BCUT2D eigenvalue weighted by Gasteiger charge is -2.23. The van der Waals surface area contributed by atoms with Crippen molar-refractivity contribution in [2.45, 2.75) is 19.3 Å². The Morgan fingerprint density at radius 2 is 1.21 bits per heavy atom. The van der Waals surface area contributed by atoms with Gasteiger partial charge in [0.15, 0.2) is 0 Å². The number of non-ortho nitro benzene ring substituents is 2. The van der Waals surface area contributed by atoms with Gasteiger partial charge in [-0.05, 0) is 23.3 Å². The van der Waals surface area contributed by atoms with Crippen LogP contribution in [0.5, 0.6) is 0 Å². The summed E-state index contributed by atoms with van der Waals surface area (Å²) in [6, 6.07) is 11.4. The first-order valence-electron chi connectivity index (χ1n) is 11.5. The molecule has 39 heavy (non-hydrogen) atoms. The van der Waals surface area contributed by atoms with Gasteiger partial charge in [0.2, 0.25) is 0 Å². The number of likely N-dealkylation sites (N-methyl/N-ethyl adjacent to an activating group) is 1. The number of hydrogen-bond donors (Lipinski definition) is 0. The normalized spacial score (nSPS) is 15.5. The van der Waals surface area contributed by atoms with E-state index in [0.29, 0.717) is 0 Å². The fraction of sp³-hybridized carbons (Fsp3) is 0.154. The summed E-state index contributed by atoms with van der Waals surface area (Å²) in [5, 5.41) is 47.3. The quantitative estimate of drug-likeness (QED) is 0.220. The van der Waals surface area contributed by atoms with Crippen LogP contribution in [0.3, 0.4) is 0 Å². The molecule has 1 heterocycles. The largest absolute Gasteiger partial charge is 0.347 e. The minimum atomic E-state index is -0.855. The highest BCUT2D eigenvalue weighted by molar-refractivity contribution is 6.08. The van der Waals surface area contributed by atoms with Gasteiger partial charge in [-0.1, -0.05) is 38.1 Å². The molecule has 0 amide bonds. The number of hydrogen-bond acceptors (Lipinski definition) is 9. The Labute approximate surface area is 219 Å². The smallest absolute Gasteiger partial charge is 0.284 e. The summed E-state index contributed by atoms with van der Waals surface area (Å²) in [4.78, 5) is 45.9. The maximum Gasteiger partial charge on any atom is 0.284 e. The number of para-hydroxylation sites is 1. The van der Waals surface area contributed by atoms with Crippen LogP contribution in [0.4, 0.5) is 28.4 Å². The van der Waals surface area contributed by atoms with Crippen molar-refractivity contribution in [1.82, 2.24) is 0 Å². The van der Waals surface area contributed by atoms with Crippen molar-refractivity contribution in [3.63, 3.8) is 0 Å². The monoisotopic (exact) mass is 529 g/mol. The van der Waals surface area contributed by atoms with Crippen molar-refractivity contribution in [3.05, 3.63) is 124 Å². The van der Waals surface area contributed by atoms with E-state index in [-0.39, 0.29) is 27.8 Å². The average Bonchev–Trinajstić information content (AvgIpc) is 3.29. The molecule has 0 unspecified atom stereocenters. The molecule has 3 aromatic carbocycles. The molecule has 13 heteroatoms. The molecular formula is C26H19N5O8. The maximum absolute atomic E-state index is 12.0. The predicted molar refractivity (Wildman–Crippen MR) is 142 cm³/mol. The molecule has 2 aliphatic rings. The van der Waals surface area contributed by atoms with E-state index in [1.54, 1.807) is 12.2 Å². The lowest BCUT2D eigenvalue weighted by atomic mass is 9.83. The molecule has 0 N–H and O–H groups in total. The van der Waals surface area contributed by atoms with Gasteiger partial charge in [-0.2, -0.15) is 0 Å². The summed E-state index contributed by atoms with van der Waals surface area (Å²) in [5.41, 5.74) is -0.498. The van der Waals surface area contributed by atoms with Crippen molar-refractivity contribution in [2.24, 2.45) is 0 Å². The summed E-state index contributed by atoms with van der Waals surface area (Å²) in [6.45, 7) is 4.00. The first-order valence-corrected chi connectivity index (χ1v) is 11.5. The number of rotatable bonds is 5. The standard InChI is InChI=1S/C26H19N5O8/c1-26(2)19-6-4-5-7-20(19)27(3)23(26)9-8-16-17-10-14(28(32)33)12-21(30(36)37)24(17)25-18(16)11-15(29(34)35)13-22(25)31(38)39/h4-13H,1-3H3/b23-9+. The average molecular weight is 529 g/mol. The zero-order valence-electron chi connectivity index (χ0n) is 20.8. The van der Waals surface area contributed by atoms with E-state index in [4.69, 9.17) is 0 Å². The van der Waals surface area contributed by atoms with Crippen molar-refractivity contribution >= 4 is 34.0 Å². The second-order valence-electron chi connectivity index (χ2n) is 9.64. The minimum absolute atomic E-state index is 0.00215. The second kappa shape index (κ2) is 8.55. The molecule has 0 spiro atoms. The van der Waals surface area contributed by atoms with E-state index >= 15 is 0 Å². The molecular weight excluding hydrogens is 510 g/mol. The van der Waals surface area contributed by atoms with E-state index in [2.05, 4.69) is 0 Å². The Balaban J connectivity index is 1.86. The SMILES string of the molecule is CN1/C(=C/C=C2c3cc([N+](=O)[O-])cc([N+](=O)[O-])c3-c3c2cc([N+](=O)[O-])cc3[N+](=O)[O-])C(C)(C)c2ccccc21. The minimum Gasteiger partial charge on any atom is -0.347 e. The van der Waals surface area contributed by atoms with Crippen LogP contribution in [0.2, 0.25) is 0 Å². The molecule has 0 radical (unpaired) electrons. The van der Waals surface area contributed by atoms with Gasteiger partial charge < -0.3 is 4.90 Å². The van der Waals surface area contributed by atoms with E-state index in [0.717, 1.165) is 41.2 Å². The molecule has 13 nitrogen and oxygen atoms in total. The van der Waals surface area contributed by atoms with Crippen molar-refractivity contribution < 1.29 is 19.7 Å². The van der Waals surface area contributed by atoms with Crippen LogP contribution >= 0.6 is 0 Å². The van der Waals surface area contributed by atoms with Crippen LogP contribution in [-0.4, -0.2) is 26.7 Å². The Kier molecular flexibility index (Phi) is 5.52. The summed E-state index contributed by atoms with van der Waals surface area (Å²) in [5.74, 6) is 0. The molecule has 0 saturated carbocycles. The van der Waals surface area contributed by atoms with Crippen LogP contribution in [0.15, 0.2) is 66.4 Å². The van der Waals surface area contributed by atoms with E-state index in [9.17, 15) is 40.5 Å². The third kappa shape index (κ3) is 3.70. The van der Waals surface area contributed by atoms with Gasteiger partial charge >= 0.3 is 0 Å². The molecule has 0 aromatic heterocycles. The summed E-state index contributed by atoms with van der Waals surface area (Å²) < 4.78 is 0. The third-order valence-corrected chi connectivity index (χ3v) is 7.20. The third-order valence-electron chi connectivity index (χ3n) is 7.20. The van der Waals surface area contributed by atoms with Gasteiger partial charge in [0.25, 0.3) is 22.7 Å². The fourth-order valence-electron chi connectivity index (χ4n) is 5.46. The van der Waals surface area contributed by atoms with Gasteiger partial charge in [0.05, 0.1) is 43.0 Å². The Hall–Kier alpha value is -5.46. The molecule has 0 saturated heterocycles. The number of anilines is 1. The zero-order valence-corrected chi connectivity index (χ0v) is 20.8. The maximum atomic E-state index is 12.0. The van der Waals surface area contributed by atoms with Gasteiger partial charge in [-0.25, -0.2) is 0 Å². The van der Waals surface area contributed by atoms with Gasteiger partial charge in [-0.15, -0.1) is 0 Å². The second-order valence-corrected chi connectivity index (χ2v) is 9.64. The van der Waals surface area contributed by atoms with Gasteiger partial charge in [0.1, 0.15) is 0 Å². The van der Waals surface area contributed by atoms with Crippen LogP contribution in [0, 0.1) is 40.5 Å². The topological polar surface area (TPSA) is 176 Å². The summed E-state index contributed by atoms with van der Waals surface area (Å²) in [6.07, 6.45) is 3.27. The highest BCUT2D eigenvalue weighted by Gasteiger charge is 2.41. The number of nitrogens with zero attached hydrogens (tertiary/aromatic N) is 5. The predicted octanol–water partition coefficient (Wildman–Crippen LogP) is 6.04. The Morgan fingerprint density at radius 3 is 1.64 bits per heavy atom. The lowest BCUT2D eigenvalue weighted by molar-refractivity contribution is -0.395. The molecule has 196 valence electrons. The van der Waals surface area contributed by atoms with E-state index in [1.807, 2.05) is 50.1 Å². The molecule has 0 fully saturated rings. The number of nitro groups is 4. The Morgan fingerprint density at radius 1 is 0.718 bits per heavy atom. The fourth-order valence-corrected chi connectivity index (χ4v) is 5.46. The van der Waals surface area contributed by atoms with E-state index in [1.165, 1.54) is 0 Å². The number of allylic oxidation sites excluding steroid dienone is 3. The highest BCUT2D eigenvalue weighted by atomic mass is 16.6.